The van der Waals surface area contributed by atoms with Crippen molar-refractivity contribution in [2.75, 3.05) is 0 Å². The first kappa shape index (κ1) is 14.1. The molecule has 0 atom stereocenters. The normalized spacial score (nSPS) is 11.1. The second-order valence-corrected chi connectivity index (χ2v) is 3.45. The maximum atomic E-state index is 12.6. The van der Waals surface area contributed by atoms with Crippen LogP contribution in [-0.4, -0.2) is 16.5 Å². The molecule has 0 saturated heterocycles. The van der Waals surface area contributed by atoms with Crippen LogP contribution < -0.4 is 0 Å². The third kappa shape index (κ3) is 2.65. The van der Waals surface area contributed by atoms with E-state index in [-0.39, 0.29) is 12.4 Å². The zero-order chi connectivity index (χ0) is 14.1. The Morgan fingerprint density at radius 2 is 1.94 bits per heavy atom. The first-order chi connectivity index (χ1) is 8.18. The lowest BCUT2D eigenvalue weighted by Gasteiger charge is -2.10. The summed E-state index contributed by atoms with van der Waals surface area (Å²) in [7, 11) is 0. The summed E-state index contributed by atoms with van der Waals surface area (Å²) >= 11 is 4.95. The van der Waals surface area contributed by atoms with E-state index in [9.17, 15) is 32.9 Å². The number of hydrogen-bond donors (Lipinski definition) is 0. The number of carbonyl (C=O) groups excluding carboxylic acids is 2. The molecule has 0 saturated carbocycles. The molecule has 0 aliphatic carbocycles. The minimum atomic E-state index is -4.99. The van der Waals surface area contributed by atoms with Gasteiger partial charge in [0, 0.05) is 11.6 Å². The highest BCUT2D eigenvalue weighted by molar-refractivity contribution is 6.68. The highest BCUT2D eigenvalue weighted by Gasteiger charge is 2.37. The number of benzene rings is 1. The fourth-order valence-electron chi connectivity index (χ4n) is 1.25. The van der Waals surface area contributed by atoms with Crippen LogP contribution in [0.4, 0.5) is 18.9 Å². The SMILES string of the molecule is O=Cc1cc(C(=O)Cl)c(C(F)(F)F)cc1[N+](=O)[O-]. The van der Waals surface area contributed by atoms with E-state index < -0.39 is 38.7 Å². The van der Waals surface area contributed by atoms with Gasteiger partial charge in [0.2, 0.25) is 0 Å². The molecule has 0 unspecified atom stereocenters. The fourth-order valence-corrected chi connectivity index (χ4v) is 1.41. The molecule has 0 aliphatic heterocycles. The van der Waals surface area contributed by atoms with Gasteiger partial charge in [-0.25, -0.2) is 0 Å². The van der Waals surface area contributed by atoms with Gasteiger partial charge in [-0.3, -0.25) is 19.7 Å². The van der Waals surface area contributed by atoms with Crippen LogP contribution in [0.5, 0.6) is 0 Å². The molecule has 0 spiro atoms. The number of alkyl halides is 3. The lowest BCUT2D eigenvalue weighted by Crippen LogP contribution is -2.13. The maximum Gasteiger partial charge on any atom is 0.417 e. The second-order valence-electron chi connectivity index (χ2n) is 3.10. The summed E-state index contributed by atoms with van der Waals surface area (Å²) < 4.78 is 37.7. The Bertz CT molecular complexity index is 541. The summed E-state index contributed by atoms with van der Waals surface area (Å²) in [6, 6.07) is 0.558. The number of hydrogen-bond acceptors (Lipinski definition) is 4. The Labute approximate surface area is 102 Å². The zero-order valence-corrected chi connectivity index (χ0v) is 9.08. The van der Waals surface area contributed by atoms with Crippen LogP contribution in [0.15, 0.2) is 12.1 Å². The Morgan fingerprint density at radius 1 is 1.39 bits per heavy atom. The monoisotopic (exact) mass is 281 g/mol. The predicted molar refractivity (Wildman–Crippen MR) is 53.7 cm³/mol. The summed E-state index contributed by atoms with van der Waals surface area (Å²) in [6.07, 6.45) is -5.02. The van der Waals surface area contributed by atoms with Crippen molar-refractivity contribution in [3.8, 4) is 0 Å². The molecule has 1 aromatic carbocycles. The Morgan fingerprint density at radius 3 is 2.28 bits per heavy atom. The van der Waals surface area contributed by atoms with Crippen molar-refractivity contribution < 1.29 is 27.7 Å². The topological polar surface area (TPSA) is 77.3 Å². The van der Waals surface area contributed by atoms with Crippen LogP contribution in [-0.2, 0) is 6.18 Å². The van der Waals surface area contributed by atoms with Crippen molar-refractivity contribution >= 4 is 28.8 Å². The maximum absolute atomic E-state index is 12.6. The molecule has 18 heavy (non-hydrogen) atoms. The first-order valence-corrected chi connectivity index (χ1v) is 4.61. The summed E-state index contributed by atoms with van der Waals surface area (Å²) in [6.45, 7) is 0. The van der Waals surface area contributed by atoms with Crippen LogP contribution in [0.25, 0.3) is 0 Å². The molecule has 0 radical (unpaired) electrons. The van der Waals surface area contributed by atoms with E-state index in [1.807, 2.05) is 0 Å². The number of nitrogens with zero attached hydrogens (tertiary/aromatic N) is 1. The summed E-state index contributed by atoms with van der Waals surface area (Å²) in [4.78, 5) is 30.7. The van der Waals surface area contributed by atoms with Crippen LogP contribution in [0.1, 0.15) is 26.3 Å². The van der Waals surface area contributed by atoms with Crippen LogP contribution in [0.2, 0.25) is 0 Å². The van der Waals surface area contributed by atoms with Crippen molar-refractivity contribution in [2.45, 2.75) is 6.18 Å². The number of carbonyl (C=O) groups is 2. The average molecular weight is 282 g/mol. The molecule has 0 heterocycles. The van der Waals surface area contributed by atoms with Gasteiger partial charge in [-0.2, -0.15) is 13.2 Å². The lowest BCUT2D eigenvalue weighted by atomic mass is 10.0. The third-order valence-corrected chi connectivity index (χ3v) is 2.21. The number of nitro groups is 1. The van der Waals surface area contributed by atoms with Crippen molar-refractivity contribution in [2.24, 2.45) is 0 Å². The van der Waals surface area contributed by atoms with Crippen molar-refractivity contribution in [3.05, 3.63) is 38.9 Å². The van der Waals surface area contributed by atoms with Gasteiger partial charge in [0.15, 0.2) is 6.29 Å². The van der Waals surface area contributed by atoms with E-state index >= 15 is 0 Å². The van der Waals surface area contributed by atoms with Gasteiger partial charge >= 0.3 is 6.18 Å². The lowest BCUT2D eigenvalue weighted by molar-refractivity contribution is -0.385. The number of rotatable bonds is 3. The molecule has 0 aliphatic rings. The molecule has 5 nitrogen and oxygen atoms in total. The molecule has 0 bridgehead atoms. The molecule has 0 fully saturated rings. The van der Waals surface area contributed by atoms with E-state index in [0.717, 1.165) is 0 Å². The summed E-state index contributed by atoms with van der Waals surface area (Å²) in [5.74, 6) is 0. The molecule has 9 heteroatoms. The summed E-state index contributed by atoms with van der Waals surface area (Å²) in [5, 5.41) is 9.04. The molecule has 0 N–H and O–H groups in total. The molecule has 1 aromatic rings. The molecule has 0 amide bonds. The fraction of sp³-hybridized carbons (Fsp3) is 0.111. The smallest absolute Gasteiger partial charge is 0.298 e. The average Bonchev–Trinajstić information content (AvgIpc) is 2.25. The van der Waals surface area contributed by atoms with E-state index in [1.54, 1.807) is 0 Å². The van der Waals surface area contributed by atoms with Gasteiger partial charge in [-0.1, -0.05) is 0 Å². The van der Waals surface area contributed by atoms with Crippen molar-refractivity contribution in [1.82, 2.24) is 0 Å². The van der Waals surface area contributed by atoms with Gasteiger partial charge in [0.25, 0.3) is 10.9 Å². The quantitative estimate of drug-likeness (QED) is 0.369. The summed E-state index contributed by atoms with van der Waals surface area (Å²) in [5.41, 5.74) is -4.26. The van der Waals surface area contributed by atoms with E-state index in [4.69, 9.17) is 11.6 Å². The Kier molecular flexibility index (Phi) is 3.70. The van der Waals surface area contributed by atoms with Gasteiger partial charge in [-0.05, 0) is 17.7 Å². The molecule has 0 aromatic heterocycles. The third-order valence-electron chi connectivity index (χ3n) is 2.01. The highest BCUT2D eigenvalue weighted by atomic mass is 35.5. The molecular formula is C9H3ClF3NO4. The van der Waals surface area contributed by atoms with E-state index in [0.29, 0.717) is 6.07 Å². The van der Waals surface area contributed by atoms with Gasteiger partial charge < -0.3 is 0 Å². The Balaban J connectivity index is 3.68. The van der Waals surface area contributed by atoms with Crippen LogP contribution in [0.3, 0.4) is 0 Å². The second kappa shape index (κ2) is 4.73. The predicted octanol–water partition coefficient (Wildman–Crippen LogP) is 2.81. The molecule has 96 valence electrons. The van der Waals surface area contributed by atoms with Gasteiger partial charge in [0.1, 0.15) is 0 Å². The highest BCUT2D eigenvalue weighted by Crippen LogP contribution is 2.36. The largest absolute Gasteiger partial charge is 0.417 e. The van der Waals surface area contributed by atoms with E-state index in [2.05, 4.69) is 0 Å². The number of aldehydes is 1. The van der Waals surface area contributed by atoms with Gasteiger partial charge in [0.05, 0.1) is 16.1 Å². The standard InChI is InChI=1S/C9H3ClF3NO4/c10-8(16)5-1-4(3-15)7(14(17)18)2-6(5)9(11,12)13/h1-3H. The zero-order valence-electron chi connectivity index (χ0n) is 8.32. The first-order valence-electron chi connectivity index (χ1n) is 4.23. The number of nitro benzene ring substituents is 1. The van der Waals surface area contributed by atoms with Crippen LogP contribution in [0, 0.1) is 10.1 Å². The van der Waals surface area contributed by atoms with E-state index in [1.165, 1.54) is 0 Å². The van der Waals surface area contributed by atoms with Crippen LogP contribution >= 0.6 is 11.6 Å². The van der Waals surface area contributed by atoms with Gasteiger partial charge in [-0.15, -0.1) is 0 Å². The van der Waals surface area contributed by atoms with Crippen molar-refractivity contribution in [3.63, 3.8) is 0 Å². The minimum absolute atomic E-state index is 0.0262. The molecular weight excluding hydrogens is 279 g/mol. The minimum Gasteiger partial charge on any atom is -0.298 e. The number of halogens is 4. The van der Waals surface area contributed by atoms with Crippen molar-refractivity contribution in [1.29, 1.82) is 0 Å². The molecule has 1 rings (SSSR count). The Hall–Kier alpha value is -1.96.